The Morgan fingerprint density at radius 3 is 2.38 bits per heavy atom. The van der Waals surface area contributed by atoms with E-state index in [0.29, 0.717) is 21.6 Å². The summed E-state index contributed by atoms with van der Waals surface area (Å²) >= 11 is 18.8. The Hall–Kier alpha value is -1.48. The highest BCUT2D eigenvalue weighted by molar-refractivity contribution is 6.35. The standard InChI is InChI=1S/C21H18Cl3NO/c1-11-8-16-17(10-25-21(16)26)20(12-2-4-13(22)5-3-12)19(11)15-7-6-14(23)9-18(15)24/h2-9,16-17,19-20H,10H2,1H3,(H,25,26)/t16-,17?,19-,20+/m0/s1. The molecule has 1 N–H and O–H groups in total. The summed E-state index contributed by atoms with van der Waals surface area (Å²) in [6, 6.07) is 13.6. The molecule has 2 nitrogen and oxygen atoms in total. The number of hydrogen-bond donors (Lipinski definition) is 1. The van der Waals surface area contributed by atoms with E-state index in [1.165, 1.54) is 5.56 Å². The molecule has 0 bridgehead atoms. The molecule has 1 unspecified atom stereocenters. The van der Waals surface area contributed by atoms with Crippen LogP contribution >= 0.6 is 34.8 Å². The van der Waals surface area contributed by atoms with Gasteiger partial charge in [0.1, 0.15) is 0 Å². The number of benzene rings is 2. The van der Waals surface area contributed by atoms with Crippen molar-refractivity contribution in [2.45, 2.75) is 18.8 Å². The fourth-order valence-corrected chi connectivity index (χ4v) is 5.09. The fraction of sp³-hybridized carbons (Fsp3) is 0.286. The van der Waals surface area contributed by atoms with Crippen LogP contribution in [0.5, 0.6) is 0 Å². The highest BCUT2D eigenvalue weighted by Crippen LogP contribution is 2.52. The lowest BCUT2D eigenvalue weighted by atomic mass is 9.64. The van der Waals surface area contributed by atoms with Crippen molar-refractivity contribution in [3.05, 3.63) is 80.3 Å². The number of hydrogen-bond acceptors (Lipinski definition) is 1. The molecule has 2 aromatic carbocycles. The molecule has 1 saturated heterocycles. The molecule has 0 spiro atoms. The number of fused-ring (bicyclic) bond motifs is 1. The first-order valence-electron chi connectivity index (χ1n) is 8.62. The lowest BCUT2D eigenvalue weighted by Crippen LogP contribution is -2.31. The third-order valence-corrected chi connectivity index (χ3v) is 6.40. The van der Waals surface area contributed by atoms with Crippen molar-refractivity contribution >= 4 is 40.7 Å². The maximum absolute atomic E-state index is 12.3. The van der Waals surface area contributed by atoms with Gasteiger partial charge < -0.3 is 5.32 Å². The second-order valence-electron chi connectivity index (χ2n) is 7.07. The van der Waals surface area contributed by atoms with Crippen molar-refractivity contribution in [1.29, 1.82) is 0 Å². The van der Waals surface area contributed by atoms with E-state index in [1.54, 1.807) is 6.07 Å². The summed E-state index contributed by atoms with van der Waals surface area (Å²) in [5, 5.41) is 5.01. The molecule has 2 aliphatic rings. The molecule has 5 heteroatoms. The van der Waals surface area contributed by atoms with Crippen LogP contribution in [0.2, 0.25) is 15.1 Å². The smallest absolute Gasteiger partial charge is 0.227 e. The predicted molar refractivity (Wildman–Crippen MR) is 107 cm³/mol. The zero-order valence-corrected chi connectivity index (χ0v) is 16.4. The van der Waals surface area contributed by atoms with Gasteiger partial charge in [0.25, 0.3) is 0 Å². The average molecular weight is 407 g/mol. The largest absolute Gasteiger partial charge is 0.355 e. The Bertz CT molecular complexity index is 891. The number of carbonyl (C=O) groups excluding carboxylic acids is 1. The third kappa shape index (κ3) is 3.05. The molecular formula is C21H18Cl3NO. The first-order valence-corrected chi connectivity index (χ1v) is 9.75. The molecule has 4 atom stereocenters. The highest BCUT2D eigenvalue weighted by atomic mass is 35.5. The van der Waals surface area contributed by atoms with Crippen molar-refractivity contribution in [3.8, 4) is 0 Å². The number of nitrogens with one attached hydrogen (secondary N) is 1. The van der Waals surface area contributed by atoms with Crippen LogP contribution in [0, 0.1) is 11.8 Å². The Balaban J connectivity index is 1.88. The van der Waals surface area contributed by atoms with Crippen molar-refractivity contribution in [3.63, 3.8) is 0 Å². The van der Waals surface area contributed by atoms with Gasteiger partial charge in [-0.2, -0.15) is 0 Å². The van der Waals surface area contributed by atoms with E-state index in [1.807, 2.05) is 24.3 Å². The summed E-state index contributed by atoms with van der Waals surface area (Å²) in [7, 11) is 0. The van der Waals surface area contributed by atoms with Gasteiger partial charge in [0.15, 0.2) is 0 Å². The Labute approximate surface area is 168 Å². The van der Waals surface area contributed by atoms with E-state index in [0.717, 1.165) is 11.1 Å². The topological polar surface area (TPSA) is 29.1 Å². The molecule has 1 aliphatic carbocycles. The van der Waals surface area contributed by atoms with Crippen LogP contribution in [-0.2, 0) is 4.79 Å². The van der Waals surface area contributed by atoms with Crippen LogP contribution in [0.25, 0.3) is 0 Å². The van der Waals surface area contributed by atoms with E-state index in [2.05, 4.69) is 30.4 Å². The van der Waals surface area contributed by atoms with Crippen LogP contribution in [0.1, 0.15) is 29.9 Å². The first kappa shape index (κ1) is 17.9. The summed E-state index contributed by atoms with van der Waals surface area (Å²) in [4.78, 5) is 12.3. The van der Waals surface area contributed by atoms with Crippen LogP contribution in [0.3, 0.4) is 0 Å². The molecule has 1 amide bonds. The average Bonchev–Trinajstić information content (AvgIpc) is 2.96. The van der Waals surface area contributed by atoms with Gasteiger partial charge in [-0.25, -0.2) is 0 Å². The highest BCUT2D eigenvalue weighted by Gasteiger charge is 2.46. The molecule has 0 radical (unpaired) electrons. The lowest BCUT2D eigenvalue weighted by molar-refractivity contribution is -0.121. The van der Waals surface area contributed by atoms with Crippen LogP contribution in [0.15, 0.2) is 54.1 Å². The fourth-order valence-electron chi connectivity index (χ4n) is 4.44. The van der Waals surface area contributed by atoms with Gasteiger partial charge in [-0.15, -0.1) is 0 Å². The number of carbonyl (C=O) groups is 1. The van der Waals surface area contributed by atoms with Gasteiger partial charge in [0.2, 0.25) is 5.91 Å². The van der Waals surface area contributed by atoms with Crippen molar-refractivity contribution in [1.82, 2.24) is 5.32 Å². The monoisotopic (exact) mass is 405 g/mol. The van der Waals surface area contributed by atoms with Gasteiger partial charge in [-0.3, -0.25) is 4.79 Å². The van der Waals surface area contributed by atoms with Gasteiger partial charge >= 0.3 is 0 Å². The van der Waals surface area contributed by atoms with Crippen molar-refractivity contribution < 1.29 is 4.79 Å². The third-order valence-electron chi connectivity index (χ3n) is 5.58. The predicted octanol–water partition coefficient (Wildman–Crippen LogP) is 5.84. The lowest BCUT2D eigenvalue weighted by Gasteiger charge is -2.39. The maximum Gasteiger partial charge on any atom is 0.227 e. The minimum Gasteiger partial charge on any atom is -0.355 e. The Morgan fingerprint density at radius 2 is 1.69 bits per heavy atom. The van der Waals surface area contributed by atoms with E-state index < -0.39 is 0 Å². The minimum atomic E-state index is -0.0991. The molecule has 1 fully saturated rings. The summed E-state index contributed by atoms with van der Waals surface area (Å²) in [5.74, 6) is 0.422. The van der Waals surface area contributed by atoms with Gasteiger partial charge in [0.05, 0.1) is 5.92 Å². The van der Waals surface area contributed by atoms with Crippen LogP contribution < -0.4 is 5.32 Å². The van der Waals surface area contributed by atoms with E-state index in [9.17, 15) is 4.79 Å². The Kier molecular flexibility index (Phi) is 4.77. The molecule has 134 valence electrons. The van der Waals surface area contributed by atoms with Crippen LogP contribution in [0.4, 0.5) is 0 Å². The van der Waals surface area contributed by atoms with E-state index in [-0.39, 0.29) is 29.6 Å². The number of halogens is 3. The van der Waals surface area contributed by atoms with Crippen molar-refractivity contribution in [2.24, 2.45) is 11.8 Å². The molecule has 1 aliphatic heterocycles. The zero-order chi connectivity index (χ0) is 18.4. The molecule has 1 heterocycles. The number of amides is 1. The SMILES string of the molecule is CC1=C[C@@H]2C(=O)NCC2[C@@H](c2ccc(Cl)cc2)[C@@H]1c1ccc(Cl)cc1Cl. The van der Waals surface area contributed by atoms with Gasteiger partial charge in [-0.1, -0.05) is 64.7 Å². The minimum absolute atomic E-state index is 0.0925. The second-order valence-corrected chi connectivity index (χ2v) is 8.35. The van der Waals surface area contributed by atoms with E-state index >= 15 is 0 Å². The van der Waals surface area contributed by atoms with Crippen LogP contribution in [-0.4, -0.2) is 12.5 Å². The molecule has 4 rings (SSSR count). The summed E-state index contributed by atoms with van der Waals surface area (Å²) in [6.07, 6.45) is 2.11. The molecule has 26 heavy (non-hydrogen) atoms. The maximum atomic E-state index is 12.3. The molecule has 2 aromatic rings. The summed E-state index contributed by atoms with van der Waals surface area (Å²) in [6.45, 7) is 2.75. The van der Waals surface area contributed by atoms with Gasteiger partial charge in [0, 0.05) is 33.4 Å². The van der Waals surface area contributed by atoms with E-state index in [4.69, 9.17) is 34.8 Å². The van der Waals surface area contributed by atoms with Crippen molar-refractivity contribution in [2.75, 3.05) is 6.54 Å². The zero-order valence-electron chi connectivity index (χ0n) is 14.2. The van der Waals surface area contributed by atoms with Gasteiger partial charge in [-0.05, 0) is 48.2 Å². The molecule has 0 saturated carbocycles. The normalized spacial score (nSPS) is 27.7. The molecule has 0 aromatic heterocycles. The summed E-state index contributed by atoms with van der Waals surface area (Å²) < 4.78 is 0. The molecular weight excluding hydrogens is 389 g/mol. The second kappa shape index (κ2) is 6.92. The summed E-state index contributed by atoms with van der Waals surface area (Å²) in [5.41, 5.74) is 3.37. The Morgan fingerprint density at radius 1 is 1.00 bits per heavy atom. The number of rotatable bonds is 2. The number of allylic oxidation sites excluding steroid dienone is 1. The quantitative estimate of drug-likeness (QED) is 0.624. The first-order chi connectivity index (χ1) is 12.5.